The van der Waals surface area contributed by atoms with Crippen molar-refractivity contribution in [2.24, 2.45) is 0 Å². The van der Waals surface area contributed by atoms with Gasteiger partial charge in [-0.25, -0.2) is 8.42 Å². The molecule has 0 spiro atoms. The Morgan fingerprint density at radius 1 is 1.47 bits per heavy atom. The third-order valence-corrected chi connectivity index (χ3v) is 4.83. The first-order valence-electron chi connectivity index (χ1n) is 4.47. The summed E-state index contributed by atoms with van der Waals surface area (Å²) in [6.45, 7) is 0. The first-order valence-corrected chi connectivity index (χ1v) is 7.63. The van der Waals surface area contributed by atoms with Crippen LogP contribution in [0.5, 0.6) is 0 Å². The molecule has 0 aliphatic carbocycles. The third-order valence-electron chi connectivity index (χ3n) is 1.86. The molecule has 1 aromatic carbocycles. The predicted molar refractivity (Wildman–Crippen MR) is 71.2 cm³/mol. The molecule has 0 bridgehead atoms. The molecule has 94 valence electrons. The lowest BCUT2D eigenvalue weighted by molar-refractivity contribution is 0.0963. The zero-order valence-electron chi connectivity index (χ0n) is 8.83. The Morgan fingerprint density at radius 2 is 2.12 bits per heavy atom. The summed E-state index contributed by atoms with van der Waals surface area (Å²) in [5.41, 5.74) is 0.497. The summed E-state index contributed by atoms with van der Waals surface area (Å²) >= 11 is 8.68. The highest BCUT2D eigenvalue weighted by molar-refractivity contribution is 9.10. The number of anilines is 1. The average Bonchev–Trinajstić information content (AvgIpc) is 2.30. The van der Waals surface area contributed by atoms with E-state index in [1.165, 1.54) is 25.2 Å². The van der Waals surface area contributed by atoms with E-state index >= 15 is 0 Å². The first-order chi connectivity index (χ1) is 7.89. The minimum absolute atomic E-state index is 0.212. The lowest BCUT2D eigenvalue weighted by Crippen LogP contribution is -2.19. The van der Waals surface area contributed by atoms with Gasteiger partial charge in [-0.3, -0.25) is 9.52 Å². The number of amides is 1. The van der Waals surface area contributed by atoms with Crippen LogP contribution in [-0.2, 0) is 10.0 Å². The number of halogens is 2. The number of nitrogens with one attached hydrogen (secondary N) is 2. The zero-order chi connectivity index (χ0) is 13.1. The molecule has 0 fully saturated rings. The number of sulfonamides is 1. The monoisotopic (exact) mass is 340 g/mol. The molecule has 0 aromatic heterocycles. The Labute approximate surface area is 113 Å². The molecule has 0 unspecified atom stereocenters. The number of carbonyl (C=O) groups is 1. The maximum Gasteiger partial charge on any atom is 0.252 e. The number of hydrogen-bond donors (Lipinski definition) is 2. The van der Waals surface area contributed by atoms with Gasteiger partial charge in [-0.1, -0.05) is 27.5 Å². The third kappa shape index (κ3) is 3.86. The zero-order valence-corrected chi connectivity index (χ0v) is 12.0. The number of benzene rings is 1. The second-order valence-electron chi connectivity index (χ2n) is 3.10. The van der Waals surface area contributed by atoms with Crippen molar-refractivity contribution in [2.45, 2.75) is 0 Å². The second-order valence-corrected chi connectivity index (χ2v) is 6.53. The standard InChI is InChI=1S/C9H10BrClN2O3S/c1-12-9(14)7-4-6(2-3-8(7)11)13-17(15,16)5-10/h2-4,13H,5H2,1H3,(H,12,14). The summed E-state index contributed by atoms with van der Waals surface area (Å²) in [6.07, 6.45) is 0. The van der Waals surface area contributed by atoms with Crippen molar-refractivity contribution in [2.75, 3.05) is 16.4 Å². The summed E-state index contributed by atoms with van der Waals surface area (Å²) in [5.74, 6) is -0.380. The van der Waals surface area contributed by atoms with Crippen molar-refractivity contribution in [3.63, 3.8) is 0 Å². The maximum atomic E-state index is 11.4. The van der Waals surface area contributed by atoms with Crippen molar-refractivity contribution >= 4 is 49.1 Å². The summed E-state index contributed by atoms with van der Waals surface area (Å²) in [4.78, 5) is 11.4. The number of carbonyl (C=O) groups excluding carboxylic acids is 1. The van der Waals surface area contributed by atoms with E-state index in [0.29, 0.717) is 0 Å². The van der Waals surface area contributed by atoms with Crippen LogP contribution in [0, 0.1) is 0 Å². The molecule has 1 rings (SSSR count). The molecule has 0 saturated carbocycles. The highest BCUT2D eigenvalue weighted by atomic mass is 79.9. The Morgan fingerprint density at radius 3 is 2.65 bits per heavy atom. The smallest absolute Gasteiger partial charge is 0.252 e. The largest absolute Gasteiger partial charge is 0.355 e. The van der Waals surface area contributed by atoms with Crippen molar-refractivity contribution in [3.05, 3.63) is 28.8 Å². The van der Waals surface area contributed by atoms with Crippen LogP contribution in [0.4, 0.5) is 5.69 Å². The van der Waals surface area contributed by atoms with E-state index in [4.69, 9.17) is 11.6 Å². The molecule has 8 heteroatoms. The summed E-state index contributed by atoms with van der Waals surface area (Å²) < 4.78 is 24.7. The lowest BCUT2D eigenvalue weighted by Gasteiger charge is -2.08. The SMILES string of the molecule is CNC(=O)c1cc(NS(=O)(=O)CBr)ccc1Cl. The van der Waals surface area contributed by atoms with Crippen LogP contribution in [0.2, 0.25) is 5.02 Å². The van der Waals surface area contributed by atoms with Gasteiger partial charge < -0.3 is 5.32 Å². The molecule has 2 N–H and O–H groups in total. The number of hydrogen-bond acceptors (Lipinski definition) is 3. The van der Waals surface area contributed by atoms with Gasteiger partial charge in [0.2, 0.25) is 10.0 Å². The lowest BCUT2D eigenvalue weighted by atomic mass is 10.2. The Kier molecular flexibility index (Phi) is 4.79. The van der Waals surface area contributed by atoms with Gasteiger partial charge in [0.15, 0.2) is 0 Å². The van der Waals surface area contributed by atoms with Crippen LogP contribution in [0.1, 0.15) is 10.4 Å². The molecule has 1 amide bonds. The molecule has 0 aliphatic rings. The van der Waals surface area contributed by atoms with Crippen molar-refractivity contribution in [1.29, 1.82) is 0 Å². The molecule has 0 heterocycles. The van der Waals surface area contributed by atoms with Crippen molar-refractivity contribution in [3.8, 4) is 0 Å². The highest BCUT2D eigenvalue weighted by Crippen LogP contribution is 2.21. The number of rotatable bonds is 4. The highest BCUT2D eigenvalue weighted by Gasteiger charge is 2.12. The first kappa shape index (κ1) is 14.3. The molecular formula is C9H10BrClN2O3S. The molecule has 17 heavy (non-hydrogen) atoms. The van der Waals surface area contributed by atoms with Crippen LogP contribution in [0.15, 0.2) is 18.2 Å². The van der Waals surface area contributed by atoms with Gasteiger partial charge >= 0.3 is 0 Å². The van der Waals surface area contributed by atoms with Crippen LogP contribution in [-0.4, -0.2) is 26.0 Å². The molecule has 0 atom stereocenters. The van der Waals surface area contributed by atoms with Gasteiger partial charge in [0.05, 0.1) is 10.6 Å². The summed E-state index contributed by atoms with van der Waals surface area (Å²) in [7, 11) is -1.98. The van der Waals surface area contributed by atoms with Crippen LogP contribution >= 0.6 is 27.5 Å². The van der Waals surface area contributed by atoms with E-state index in [1.807, 2.05) is 0 Å². The molecular weight excluding hydrogens is 332 g/mol. The summed E-state index contributed by atoms with van der Waals surface area (Å²) in [5, 5.41) is 2.67. The topological polar surface area (TPSA) is 75.3 Å². The molecule has 5 nitrogen and oxygen atoms in total. The molecule has 0 aliphatic heterocycles. The van der Waals surface area contributed by atoms with E-state index in [9.17, 15) is 13.2 Å². The number of alkyl halides is 1. The Balaban J connectivity index is 3.09. The fraction of sp³-hybridized carbons (Fsp3) is 0.222. The van der Waals surface area contributed by atoms with E-state index < -0.39 is 10.0 Å². The normalized spacial score (nSPS) is 11.0. The minimum Gasteiger partial charge on any atom is -0.355 e. The molecule has 0 saturated heterocycles. The molecule has 0 radical (unpaired) electrons. The van der Waals surface area contributed by atoms with Crippen molar-refractivity contribution in [1.82, 2.24) is 5.32 Å². The fourth-order valence-electron chi connectivity index (χ4n) is 1.10. The van der Waals surface area contributed by atoms with E-state index in [-0.39, 0.29) is 26.8 Å². The van der Waals surface area contributed by atoms with Crippen LogP contribution in [0.3, 0.4) is 0 Å². The Bertz CT molecular complexity index is 533. The van der Waals surface area contributed by atoms with E-state index in [1.54, 1.807) is 0 Å². The predicted octanol–water partition coefficient (Wildman–Crippen LogP) is 1.79. The van der Waals surface area contributed by atoms with Crippen molar-refractivity contribution < 1.29 is 13.2 Å². The maximum absolute atomic E-state index is 11.4. The molecule has 1 aromatic rings. The summed E-state index contributed by atoms with van der Waals surface area (Å²) in [6, 6.07) is 4.31. The quantitative estimate of drug-likeness (QED) is 0.820. The Hall–Kier alpha value is -0.790. The average molecular weight is 342 g/mol. The van der Waals surface area contributed by atoms with Crippen LogP contribution < -0.4 is 10.0 Å². The van der Waals surface area contributed by atoms with Gasteiger partial charge in [0.1, 0.15) is 4.66 Å². The van der Waals surface area contributed by atoms with E-state index in [2.05, 4.69) is 26.0 Å². The van der Waals surface area contributed by atoms with Gasteiger partial charge in [-0.05, 0) is 18.2 Å². The van der Waals surface area contributed by atoms with Gasteiger partial charge in [0.25, 0.3) is 5.91 Å². The van der Waals surface area contributed by atoms with Crippen LogP contribution in [0.25, 0.3) is 0 Å². The minimum atomic E-state index is -3.44. The van der Waals surface area contributed by atoms with Gasteiger partial charge in [-0.15, -0.1) is 0 Å². The van der Waals surface area contributed by atoms with Gasteiger partial charge in [-0.2, -0.15) is 0 Å². The fourth-order valence-corrected chi connectivity index (χ4v) is 2.19. The second kappa shape index (κ2) is 5.70. The van der Waals surface area contributed by atoms with E-state index in [0.717, 1.165) is 0 Å². The van der Waals surface area contributed by atoms with Gasteiger partial charge in [0, 0.05) is 12.7 Å².